The molecule has 1 fully saturated rings. The van der Waals surface area contributed by atoms with Crippen molar-refractivity contribution in [1.82, 2.24) is 9.80 Å². The minimum atomic E-state index is -1.04. The van der Waals surface area contributed by atoms with Gasteiger partial charge in [-0.25, -0.2) is 9.59 Å². The molecule has 6 nitrogen and oxygen atoms in total. The number of piperazine rings is 1. The molecule has 0 saturated carbocycles. The first-order valence-electron chi connectivity index (χ1n) is 6.82. The number of carboxylic acid groups (broad SMARTS) is 1. The lowest BCUT2D eigenvalue weighted by molar-refractivity contribution is 0.0698. The van der Waals surface area contributed by atoms with E-state index in [9.17, 15) is 14.7 Å². The summed E-state index contributed by atoms with van der Waals surface area (Å²) in [6, 6.07) is 4.71. The van der Waals surface area contributed by atoms with Gasteiger partial charge in [0.15, 0.2) is 0 Å². The van der Waals surface area contributed by atoms with Crippen LogP contribution in [0.15, 0.2) is 18.2 Å². The van der Waals surface area contributed by atoms with Gasteiger partial charge in [-0.05, 0) is 47.3 Å². The Kier molecular flexibility index (Phi) is 5.40. The van der Waals surface area contributed by atoms with Gasteiger partial charge < -0.3 is 20.2 Å². The first-order valence-corrected chi connectivity index (χ1v) is 7.90. The Balaban J connectivity index is 2.05. The number of aromatic carboxylic acids is 1. The molecule has 0 aliphatic carbocycles. The van der Waals surface area contributed by atoms with Gasteiger partial charge in [0, 0.05) is 29.7 Å². The number of hydrogen-bond donors (Lipinski definition) is 2. The van der Waals surface area contributed by atoms with Gasteiger partial charge in [-0.15, -0.1) is 0 Å². The molecule has 114 valence electrons. The monoisotopic (exact) mass is 403 g/mol. The van der Waals surface area contributed by atoms with Crippen LogP contribution < -0.4 is 5.32 Å². The molecule has 1 aliphatic heterocycles. The second-order valence-corrected chi connectivity index (χ2v) is 6.09. The number of carbonyl (C=O) groups excluding carboxylic acids is 1. The van der Waals surface area contributed by atoms with Crippen LogP contribution in [-0.2, 0) is 0 Å². The molecule has 21 heavy (non-hydrogen) atoms. The van der Waals surface area contributed by atoms with E-state index >= 15 is 0 Å². The highest BCUT2D eigenvalue weighted by Gasteiger charge is 2.21. The van der Waals surface area contributed by atoms with Crippen molar-refractivity contribution in [3.8, 4) is 0 Å². The molecule has 1 aliphatic rings. The molecule has 2 amide bonds. The van der Waals surface area contributed by atoms with Crippen molar-refractivity contribution >= 4 is 40.3 Å². The number of carboxylic acids is 1. The van der Waals surface area contributed by atoms with Gasteiger partial charge in [0.1, 0.15) is 0 Å². The summed E-state index contributed by atoms with van der Waals surface area (Å²) in [6.45, 7) is 6.10. The maximum absolute atomic E-state index is 12.2. The summed E-state index contributed by atoms with van der Waals surface area (Å²) < 4.78 is 0.819. The molecule has 1 aromatic carbocycles. The maximum atomic E-state index is 12.2. The summed E-state index contributed by atoms with van der Waals surface area (Å²) in [6.07, 6.45) is 0. The topological polar surface area (TPSA) is 72.9 Å². The number of benzene rings is 1. The molecule has 1 heterocycles. The van der Waals surface area contributed by atoms with E-state index in [1.807, 2.05) is 22.6 Å². The molecule has 0 radical (unpaired) electrons. The van der Waals surface area contributed by atoms with Crippen molar-refractivity contribution in [3.05, 3.63) is 27.3 Å². The number of amides is 2. The third kappa shape index (κ3) is 4.07. The van der Waals surface area contributed by atoms with Crippen LogP contribution in [0.2, 0.25) is 0 Å². The lowest BCUT2D eigenvalue weighted by Crippen LogP contribution is -2.49. The Morgan fingerprint density at radius 3 is 2.52 bits per heavy atom. The molecule has 0 atom stereocenters. The average molecular weight is 403 g/mol. The quantitative estimate of drug-likeness (QED) is 0.759. The number of halogens is 1. The van der Waals surface area contributed by atoms with Crippen LogP contribution in [0.25, 0.3) is 0 Å². The van der Waals surface area contributed by atoms with E-state index in [0.29, 0.717) is 18.8 Å². The third-order valence-corrected chi connectivity index (χ3v) is 4.23. The van der Waals surface area contributed by atoms with E-state index in [0.717, 1.165) is 23.2 Å². The zero-order valence-corrected chi connectivity index (χ0v) is 14.0. The number of anilines is 1. The molecule has 0 bridgehead atoms. The van der Waals surface area contributed by atoms with E-state index < -0.39 is 5.97 Å². The van der Waals surface area contributed by atoms with Gasteiger partial charge in [-0.1, -0.05) is 6.92 Å². The summed E-state index contributed by atoms with van der Waals surface area (Å²) in [7, 11) is 0. The number of rotatable bonds is 3. The van der Waals surface area contributed by atoms with Crippen molar-refractivity contribution in [3.63, 3.8) is 0 Å². The van der Waals surface area contributed by atoms with Crippen LogP contribution in [0, 0.1) is 3.57 Å². The van der Waals surface area contributed by atoms with E-state index in [-0.39, 0.29) is 11.6 Å². The number of nitrogens with one attached hydrogen (secondary N) is 1. The summed E-state index contributed by atoms with van der Waals surface area (Å²) >= 11 is 2.05. The van der Waals surface area contributed by atoms with Gasteiger partial charge in [-0.2, -0.15) is 0 Å². The van der Waals surface area contributed by atoms with E-state index in [1.54, 1.807) is 23.1 Å². The minimum Gasteiger partial charge on any atom is -0.478 e. The highest BCUT2D eigenvalue weighted by Crippen LogP contribution is 2.19. The first kappa shape index (κ1) is 16.0. The smallest absolute Gasteiger partial charge is 0.337 e. The summed E-state index contributed by atoms with van der Waals surface area (Å²) in [5.74, 6) is -1.04. The van der Waals surface area contributed by atoms with Crippen LogP contribution in [0.3, 0.4) is 0 Å². The zero-order valence-electron chi connectivity index (χ0n) is 11.8. The molecule has 7 heteroatoms. The Labute approximate surface area is 137 Å². The normalized spacial score (nSPS) is 15.8. The number of hydrogen-bond acceptors (Lipinski definition) is 3. The Morgan fingerprint density at radius 2 is 1.95 bits per heavy atom. The van der Waals surface area contributed by atoms with Crippen LogP contribution in [0.5, 0.6) is 0 Å². The molecular formula is C14H18IN3O3. The highest BCUT2D eigenvalue weighted by molar-refractivity contribution is 14.1. The second-order valence-electron chi connectivity index (χ2n) is 4.85. The van der Waals surface area contributed by atoms with Crippen molar-refractivity contribution in [2.24, 2.45) is 0 Å². The fourth-order valence-electron chi connectivity index (χ4n) is 2.26. The van der Waals surface area contributed by atoms with Crippen molar-refractivity contribution < 1.29 is 14.7 Å². The van der Waals surface area contributed by atoms with Crippen LogP contribution in [0.4, 0.5) is 10.5 Å². The van der Waals surface area contributed by atoms with Gasteiger partial charge >= 0.3 is 12.0 Å². The van der Waals surface area contributed by atoms with E-state index in [2.05, 4.69) is 17.1 Å². The first-order chi connectivity index (χ1) is 10.0. The zero-order chi connectivity index (χ0) is 15.4. The van der Waals surface area contributed by atoms with Gasteiger partial charge in [0.2, 0.25) is 0 Å². The Bertz CT molecular complexity index is 542. The summed E-state index contributed by atoms with van der Waals surface area (Å²) in [4.78, 5) is 27.5. The Morgan fingerprint density at radius 1 is 1.29 bits per heavy atom. The van der Waals surface area contributed by atoms with Gasteiger partial charge in [0.05, 0.1) is 11.3 Å². The predicted molar refractivity (Wildman–Crippen MR) is 88.8 cm³/mol. The van der Waals surface area contributed by atoms with E-state index in [4.69, 9.17) is 0 Å². The lowest BCUT2D eigenvalue weighted by Gasteiger charge is -2.34. The van der Waals surface area contributed by atoms with Crippen molar-refractivity contribution in [2.75, 3.05) is 38.0 Å². The largest absolute Gasteiger partial charge is 0.478 e. The lowest BCUT2D eigenvalue weighted by atomic mass is 10.2. The SMILES string of the molecule is CCN1CCN(C(=O)Nc2ccc(I)cc2C(=O)O)CC1. The van der Waals surface area contributed by atoms with Crippen LogP contribution in [-0.4, -0.2) is 59.6 Å². The predicted octanol–water partition coefficient (Wildman–Crippen LogP) is 2.16. The molecule has 2 N–H and O–H groups in total. The van der Waals surface area contributed by atoms with Crippen LogP contribution in [0.1, 0.15) is 17.3 Å². The summed E-state index contributed by atoms with van der Waals surface area (Å²) in [5, 5.41) is 11.9. The molecular weight excluding hydrogens is 385 g/mol. The minimum absolute atomic E-state index is 0.113. The van der Waals surface area contributed by atoms with Crippen molar-refractivity contribution in [1.29, 1.82) is 0 Å². The van der Waals surface area contributed by atoms with Gasteiger partial charge in [-0.3, -0.25) is 0 Å². The molecule has 0 spiro atoms. The van der Waals surface area contributed by atoms with Crippen molar-refractivity contribution in [2.45, 2.75) is 6.92 Å². The molecule has 1 aromatic rings. The maximum Gasteiger partial charge on any atom is 0.337 e. The van der Waals surface area contributed by atoms with Crippen LogP contribution >= 0.6 is 22.6 Å². The number of urea groups is 1. The standard InChI is InChI=1S/C14H18IN3O3/c1-2-17-5-7-18(8-6-17)14(21)16-12-4-3-10(15)9-11(12)13(19)20/h3-4,9H,2,5-8H2,1H3,(H,16,21)(H,19,20). The number of likely N-dealkylation sites (N-methyl/N-ethyl adjacent to an activating group) is 1. The molecule has 1 saturated heterocycles. The summed E-state index contributed by atoms with van der Waals surface area (Å²) in [5.41, 5.74) is 0.452. The Hall–Kier alpha value is -1.35. The number of carbonyl (C=O) groups is 2. The fraction of sp³-hybridized carbons (Fsp3) is 0.429. The van der Waals surface area contributed by atoms with E-state index in [1.165, 1.54) is 0 Å². The molecule has 0 unspecified atom stereocenters. The third-order valence-electron chi connectivity index (χ3n) is 3.56. The number of nitrogens with zero attached hydrogens (tertiary/aromatic N) is 2. The highest BCUT2D eigenvalue weighted by atomic mass is 127. The molecule has 0 aromatic heterocycles. The fourth-order valence-corrected chi connectivity index (χ4v) is 2.76. The second kappa shape index (κ2) is 7.08. The average Bonchev–Trinajstić information content (AvgIpc) is 2.49. The molecule has 2 rings (SSSR count). The van der Waals surface area contributed by atoms with Gasteiger partial charge in [0.25, 0.3) is 0 Å².